The number of aliphatic carboxylic acids is 1. The molecule has 1 amide bonds. The number of carbonyl (C=O) groups excluding carboxylic acids is 2. The van der Waals surface area contributed by atoms with Crippen LogP contribution in [0.4, 0.5) is 0 Å². The Hall–Kier alpha value is -1.04. The van der Waals surface area contributed by atoms with Gasteiger partial charge in [-0.25, -0.2) is 0 Å². The fourth-order valence-corrected chi connectivity index (χ4v) is 2.57. The third kappa shape index (κ3) is 11.2. The van der Waals surface area contributed by atoms with Gasteiger partial charge in [-0.05, 0) is 30.5 Å². The van der Waals surface area contributed by atoms with Gasteiger partial charge in [0, 0.05) is 6.42 Å². The Morgan fingerprint density at radius 2 is 1.60 bits per heavy atom. The maximum Gasteiger partial charge on any atom is 1.00 e. The van der Waals surface area contributed by atoms with Crippen LogP contribution >= 0.6 is 0 Å². The molecule has 0 aliphatic carbocycles. The molecule has 0 heterocycles. The first kappa shape index (κ1) is 24.0. The zero-order valence-electron chi connectivity index (χ0n) is 15.4. The van der Waals surface area contributed by atoms with Gasteiger partial charge in [0.15, 0.2) is 0 Å². The monoisotopic (exact) mass is 357 g/mol. The van der Waals surface area contributed by atoms with Crippen LogP contribution in [-0.2, 0) is 16.0 Å². The van der Waals surface area contributed by atoms with Crippen LogP contribution in [0.3, 0.4) is 0 Å². The van der Waals surface area contributed by atoms with Crippen molar-refractivity contribution < 1.29 is 49.4 Å². The second-order valence-electron chi connectivity index (χ2n) is 6.18. The molecule has 0 unspecified atom stereocenters. The molecule has 2 N–H and O–H groups in total. The van der Waals surface area contributed by atoms with Crippen LogP contribution < -0.4 is 40.0 Å². The molecule has 134 valence electrons. The molecule has 0 saturated carbocycles. The van der Waals surface area contributed by atoms with Gasteiger partial charge in [0.25, 0.3) is 0 Å². The second kappa shape index (κ2) is 14.2. The number of amides is 1. The van der Waals surface area contributed by atoms with Crippen molar-refractivity contribution in [3.63, 3.8) is 0 Å². The summed E-state index contributed by atoms with van der Waals surface area (Å²) in [7, 11) is 0. The van der Waals surface area contributed by atoms with Crippen molar-refractivity contribution in [1.29, 1.82) is 0 Å². The van der Waals surface area contributed by atoms with Crippen molar-refractivity contribution in [2.24, 2.45) is 0 Å². The van der Waals surface area contributed by atoms with Gasteiger partial charge in [-0.1, -0.05) is 57.6 Å². The molecule has 5 nitrogen and oxygen atoms in total. The number of aromatic hydroxyl groups is 1. The number of hydrogen-bond acceptors (Lipinski definition) is 4. The van der Waals surface area contributed by atoms with Crippen molar-refractivity contribution in [3.8, 4) is 5.75 Å². The predicted molar refractivity (Wildman–Crippen MR) is 91.4 cm³/mol. The molecule has 25 heavy (non-hydrogen) atoms. The van der Waals surface area contributed by atoms with Gasteiger partial charge in [-0.2, -0.15) is 0 Å². The van der Waals surface area contributed by atoms with Crippen molar-refractivity contribution in [1.82, 2.24) is 5.32 Å². The van der Waals surface area contributed by atoms with Gasteiger partial charge >= 0.3 is 29.6 Å². The number of phenolic OH excluding ortho intramolecular Hbond substituents is 1. The minimum atomic E-state index is -1.30. The standard InChI is InChI=1S/C19H29NO4.Na/c1-2-3-4-5-6-7-8-9-18(22)20-17(19(23)24)14-15-10-12-16(21)13-11-15;/h10-13,17,21H,2-9,14H2,1H3,(H,20,22)(H,23,24);/q;+1/p-1/t17-;/m0./s1. The molecule has 0 aliphatic heterocycles. The topological polar surface area (TPSA) is 89.5 Å². The molecule has 0 aliphatic rings. The van der Waals surface area contributed by atoms with E-state index in [0.29, 0.717) is 6.42 Å². The van der Waals surface area contributed by atoms with Crippen LogP contribution in [0.15, 0.2) is 24.3 Å². The molecule has 1 atom stereocenters. The number of hydrogen-bond donors (Lipinski definition) is 2. The first-order valence-corrected chi connectivity index (χ1v) is 8.81. The van der Waals surface area contributed by atoms with Gasteiger partial charge in [-0.3, -0.25) is 4.79 Å². The van der Waals surface area contributed by atoms with E-state index >= 15 is 0 Å². The summed E-state index contributed by atoms with van der Waals surface area (Å²) in [6.45, 7) is 2.18. The van der Waals surface area contributed by atoms with Crippen molar-refractivity contribution in [2.75, 3.05) is 0 Å². The van der Waals surface area contributed by atoms with E-state index in [1.165, 1.54) is 37.8 Å². The van der Waals surface area contributed by atoms with Gasteiger partial charge in [-0.15, -0.1) is 0 Å². The zero-order chi connectivity index (χ0) is 17.8. The second-order valence-corrected chi connectivity index (χ2v) is 6.18. The van der Waals surface area contributed by atoms with Crippen LogP contribution in [0, 0.1) is 0 Å². The minimum absolute atomic E-state index is 0. The van der Waals surface area contributed by atoms with E-state index in [2.05, 4.69) is 12.2 Å². The number of rotatable bonds is 12. The molecular weight excluding hydrogens is 329 g/mol. The van der Waals surface area contributed by atoms with E-state index in [9.17, 15) is 19.8 Å². The molecule has 0 aromatic heterocycles. The smallest absolute Gasteiger partial charge is 0.548 e. The van der Waals surface area contributed by atoms with E-state index in [1.807, 2.05) is 0 Å². The Balaban J connectivity index is 0.00000576. The molecule has 0 spiro atoms. The fraction of sp³-hybridized carbons (Fsp3) is 0.579. The van der Waals surface area contributed by atoms with Gasteiger partial charge in [0.2, 0.25) is 5.91 Å². The molecule has 1 aromatic rings. The van der Waals surface area contributed by atoms with Gasteiger partial charge in [0.1, 0.15) is 5.75 Å². The number of phenols is 1. The van der Waals surface area contributed by atoms with Crippen molar-refractivity contribution >= 4 is 11.9 Å². The molecule has 0 fully saturated rings. The van der Waals surface area contributed by atoms with E-state index in [4.69, 9.17) is 0 Å². The molecule has 0 radical (unpaired) electrons. The van der Waals surface area contributed by atoms with Crippen LogP contribution in [0.1, 0.15) is 63.9 Å². The summed E-state index contributed by atoms with van der Waals surface area (Å²) in [5, 5.41) is 23.0. The van der Waals surface area contributed by atoms with E-state index < -0.39 is 12.0 Å². The summed E-state index contributed by atoms with van der Waals surface area (Å²) >= 11 is 0. The number of nitrogens with one attached hydrogen (secondary N) is 1. The average molecular weight is 357 g/mol. The summed E-state index contributed by atoms with van der Waals surface area (Å²) in [6, 6.07) is 5.19. The first-order chi connectivity index (χ1) is 11.5. The summed E-state index contributed by atoms with van der Waals surface area (Å²) < 4.78 is 0. The quantitative estimate of drug-likeness (QED) is 0.383. The van der Waals surface area contributed by atoms with Gasteiger partial charge < -0.3 is 20.3 Å². The number of unbranched alkanes of at least 4 members (excludes halogenated alkanes) is 6. The first-order valence-electron chi connectivity index (χ1n) is 8.81. The van der Waals surface area contributed by atoms with Crippen molar-refractivity contribution in [2.45, 2.75) is 70.8 Å². The number of benzene rings is 1. The Morgan fingerprint density at radius 3 is 2.16 bits per heavy atom. The number of carboxylic acids is 1. The molecule has 1 rings (SSSR count). The largest absolute Gasteiger partial charge is 1.00 e. The molecular formula is C19H28NNaO4. The molecule has 0 bridgehead atoms. The summed E-state index contributed by atoms with van der Waals surface area (Å²) in [4.78, 5) is 23.1. The van der Waals surface area contributed by atoms with E-state index in [-0.39, 0.29) is 47.6 Å². The molecule has 6 heteroatoms. The molecule has 1 aromatic carbocycles. The van der Waals surface area contributed by atoms with Crippen LogP contribution in [0.5, 0.6) is 5.75 Å². The maximum atomic E-state index is 11.9. The zero-order valence-corrected chi connectivity index (χ0v) is 17.4. The third-order valence-electron chi connectivity index (χ3n) is 4.00. The van der Waals surface area contributed by atoms with Crippen LogP contribution in [0.25, 0.3) is 0 Å². The van der Waals surface area contributed by atoms with Gasteiger partial charge in [0.05, 0.1) is 12.0 Å². The minimum Gasteiger partial charge on any atom is -0.548 e. The molecule has 0 saturated heterocycles. The number of carbonyl (C=O) groups is 2. The van der Waals surface area contributed by atoms with E-state index in [0.717, 1.165) is 24.8 Å². The third-order valence-corrected chi connectivity index (χ3v) is 4.00. The normalized spacial score (nSPS) is 11.4. The summed E-state index contributed by atoms with van der Waals surface area (Å²) in [6.07, 6.45) is 8.27. The van der Waals surface area contributed by atoms with Crippen LogP contribution in [0.2, 0.25) is 0 Å². The van der Waals surface area contributed by atoms with Crippen molar-refractivity contribution in [3.05, 3.63) is 29.8 Å². The Kier molecular flexibility index (Phi) is 13.6. The Labute approximate surface area is 172 Å². The van der Waals surface area contributed by atoms with E-state index in [1.54, 1.807) is 12.1 Å². The SMILES string of the molecule is CCCCCCCCCC(=O)N[C@@H](Cc1ccc(O)cc1)C(=O)[O-].[Na+]. The Morgan fingerprint density at radius 1 is 1.04 bits per heavy atom. The number of carboxylic acid groups (broad SMARTS) is 1. The fourth-order valence-electron chi connectivity index (χ4n) is 2.57. The summed E-state index contributed by atoms with van der Waals surface area (Å²) in [5.74, 6) is -1.43. The predicted octanol–water partition coefficient (Wildman–Crippen LogP) is -0.686. The maximum absolute atomic E-state index is 11.9. The summed E-state index contributed by atoms with van der Waals surface area (Å²) in [5.41, 5.74) is 0.721. The average Bonchev–Trinajstić information content (AvgIpc) is 2.55. The Bertz CT molecular complexity index is 505. The van der Waals surface area contributed by atoms with Crippen LogP contribution in [-0.4, -0.2) is 23.0 Å².